The Labute approximate surface area is 152 Å². The summed E-state index contributed by atoms with van der Waals surface area (Å²) < 4.78 is 0. The highest BCUT2D eigenvalue weighted by Gasteiger charge is 2.30. The lowest BCUT2D eigenvalue weighted by molar-refractivity contribution is -0.113. The molecule has 1 aliphatic rings. The first-order valence-corrected chi connectivity index (χ1v) is 9.32. The molecule has 130 valence electrons. The summed E-state index contributed by atoms with van der Waals surface area (Å²) >= 11 is 1.78. The second kappa shape index (κ2) is 7.23. The van der Waals surface area contributed by atoms with Crippen molar-refractivity contribution in [2.24, 2.45) is 0 Å². The quantitative estimate of drug-likeness (QED) is 0.777. The summed E-state index contributed by atoms with van der Waals surface area (Å²) in [5.41, 5.74) is 2.69. The maximum atomic E-state index is 13.0. The van der Waals surface area contributed by atoms with Gasteiger partial charge in [-0.25, -0.2) is 0 Å². The zero-order valence-corrected chi connectivity index (χ0v) is 15.4. The zero-order chi connectivity index (χ0) is 18.0. The maximum Gasteiger partial charge on any atom is 0.254 e. The molecule has 0 bridgehead atoms. The zero-order valence-electron chi connectivity index (χ0n) is 14.6. The minimum atomic E-state index is -0.175. The Morgan fingerprint density at radius 1 is 1.32 bits per heavy atom. The Balaban J connectivity index is 1.81. The van der Waals surface area contributed by atoms with Crippen molar-refractivity contribution in [3.8, 4) is 0 Å². The van der Waals surface area contributed by atoms with Crippen LogP contribution in [0.3, 0.4) is 0 Å². The molecule has 0 spiro atoms. The summed E-state index contributed by atoms with van der Waals surface area (Å²) in [6, 6.07) is 9.48. The third-order valence-electron chi connectivity index (χ3n) is 4.75. The maximum absolute atomic E-state index is 13.0. The predicted molar refractivity (Wildman–Crippen MR) is 102 cm³/mol. The third kappa shape index (κ3) is 3.24. The van der Waals surface area contributed by atoms with Crippen molar-refractivity contribution in [2.75, 3.05) is 18.5 Å². The Morgan fingerprint density at radius 2 is 2.04 bits per heavy atom. The van der Waals surface area contributed by atoms with Crippen molar-refractivity contribution in [2.45, 2.75) is 25.8 Å². The normalized spacial score (nSPS) is 16.2. The van der Waals surface area contributed by atoms with E-state index in [1.807, 2.05) is 4.90 Å². The first-order chi connectivity index (χ1) is 12.1. The highest BCUT2D eigenvalue weighted by atomic mass is 32.1. The van der Waals surface area contributed by atoms with E-state index < -0.39 is 0 Å². The average molecular weight is 354 g/mol. The monoisotopic (exact) mass is 354 g/mol. The third-order valence-corrected chi connectivity index (χ3v) is 5.75. The van der Waals surface area contributed by atoms with E-state index in [1.54, 1.807) is 42.6 Å². The molecule has 0 N–H and O–H groups in total. The van der Waals surface area contributed by atoms with E-state index in [-0.39, 0.29) is 17.9 Å². The summed E-state index contributed by atoms with van der Waals surface area (Å²) in [5, 5.41) is 2.11. The lowest BCUT2D eigenvalue weighted by Gasteiger charge is -2.35. The van der Waals surface area contributed by atoms with Crippen LogP contribution >= 0.6 is 11.3 Å². The van der Waals surface area contributed by atoms with Crippen LogP contribution in [-0.4, -0.2) is 30.3 Å². The van der Waals surface area contributed by atoms with Crippen molar-refractivity contribution in [1.82, 2.24) is 4.90 Å². The molecule has 2 heterocycles. The van der Waals surface area contributed by atoms with Gasteiger partial charge >= 0.3 is 0 Å². The minimum Gasteiger partial charge on any atom is -0.331 e. The molecule has 4 nitrogen and oxygen atoms in total. The van der Waals surface area contributed by atoms with Crippen molar-refractivity contribution >= 4 is 28.8 Å². The SMILES string of the molecule is C=CC(=O)N(C)c1ccc(C(=O)N2CCc3sccc3C2CC)cc1. The number of fused-ring (bicyclic) bond motifs is 1. The molecule has 0 radical (unpaired) electrons. The van der Waals surface area contributed by atoms with Gasteiger partial charge in [0.1, 0.15) is 0 Å². The Bertz CT molecular complexity index is 794. The number of carbonyl (C=O) groups is 2. The minimum absolute atomic E-state index is 0.0490. The molecule has 1 atom stereocenters. The van der Waals surface area contributed by atoms with Gasteiger partial charge in [-0.15, -0.1) is 11.3 Å². The molecular weight excluding hydrogens is 332 g/mol. The number of amides is 2. The smallest absolute Gasteiger partial charge is 0.254 e. The van der Waals surface area contributed by atoms with E-state index in [9.17, 15) is 9.59 Å². The number of benzene rings is 1. The number of hydrogen-bond donors (Lipinski definition) is 0. The van der Waals surface area contributed by atoms with Gasteiger partial charge in [-0.3, -0.25) is 9.59 Å². The Morgan fingerprint density at radius 3 is 2.68 bits per heavy atom. The number of nitrogens with zero attached hydrogens (tertiary/aromatic N) is 2. The lowest BCUT2D eigenvalue weighted by atomic mass is 9.97. The van der Waals surface area contributed by atoms with Crippen LogP contribution in [0.25, 0.3) is 0 Å². The number of thiophene rings is 1. The number of hydrogen-bond acceptors (Lipinski definition) is 3. The first-order valence-electron chi connectivity index (χ1n) is 8.44. The van der Waals surface area contributed by atoms with E-state index in [0.29, 0.717) is 5.56 Å². The molecule has 0 saturated heterocycles. The summed E-state index contributed by atoms with van der Waals surface area (Å²) in [6.07, 6.45) is 3.10. The van der Waals surface area contributed by atoms with Crippen molar-refractivity contribution < 1.29 is 9.59 Å². The molecule has 0 fully saturated rings. The van der Waals surface area contributed by atoms with E-state index in [4.69, 9.17) is 0 Å². The van der Waals surface area contributed by atoms with Crippen molar-refractivity contribution in [3.63, 3.8) is 0 Å². The molecule has 2 amide bonds. The van der Waals surface area contributed by atoms with E-state index in [0.717, 1.165) is 25.1 Å². The van der Waals surface area contributed by atoms with Crippen LogP contribution in [0.15, 0.2) is 48.4 Å². The topological polar surface area (TPSA) is 40.6 Å². The van der Waals surface area contributed by atoms with Gasteiger partial charge < -0.3 is 9.80 Å². The van der Waals surface area contributed by atoms with Gasteiger partial charge in [-0.1, -0.05) is 13.5 Å². The Kier molecular flexibility index (Phi) is 5.04. The standard InChI is InChI=1S/C20H22N2O2S/c1-4-17-16-11-13-25-18(16)10-12-22(17)20(24)14-6-8-15(9-7-14)21(3)19(23)5-2/h5-9,11,13,17H,2,4,10,12H2,1,3H3. The van der Waals surface area contributed by atoms with Gasteiger partial charge in [-0.2, -0.15) is 0 Å². The molecule has 1 aliphatic heterocycles. The number of likely N-dealkylation sites (N-methyl/N-ethyl adjacent to an activating group) is 1. The first kappa shape index (κ1) is 17.4. The van der Waals surface area contributed by atoms with Crippen molar-refractivity contribution in [3.05, 3.63) is 64.4 Å². The van der Waals surface area contributed by atoms with E-state index in [2.05, 4.69) is 24.9 Å². The largest absolute Gasteiger partial charge is 0.331 e. The molecular formula is C20H22N2O2S. The van der Waals surface area contributed by atoms with Crippen molar-refractivity contribution in [1.29, 1.82) is 0 Å². The van der Waals surface area contributed by atoms with Gasteiger partial charge in [0.05, 0.1) is 6.04 Å². The van der Waals surface area contributed by atoms with Crippen LogP contribution < -0.4 is 4.90 Å². The van der Waals surface area contributed by atoms with Gasteiger partial charge in [0, 0.05) is 29.7 Å². The fourth-order valence-electron chi connectivity index (χ4n) is 3.34. The molecule has 5 heteroatoms. The van der Waals surface area contributed by atoms with Gasteiger partial charge in [0.2, 0.25) is 5.91 Å². The van der Waals surface area contributed by atoms with Crippen LogP contribution in [0.5, 0.6) is 0 Å². The molecule has 1 aromatic carbocycles. The highest BCUT2D eigenvalue weighted by Crippen LogP contribution is 2.36. The second-order valence-corrected chi connectivity index (χ2v) is 7.12. The lowest BCUT2D eigenvalue weighted by Crippen LogP contribution is -2.39. The highest BCUT2D eigenvalue weighted by molar-refractivity contribution is 7.10. The average Bonchev–Trinajstić information content (AvgIpc) is 3.14. The van der Waals surface area contributed by atoms with Gasteiger partial charge in [0.15, 0.2) is 0 Å². The molecule has 3 rings (SSSR count). The van der Waals surface area contributed by atoms with Crippen LogP contribution in [0.1, 0.15) is 40.2 Å². The molecule has 0 saturated carbocycles. The molecule has 1 aromatic heterocycles. The fourth-order valence-corrected chi connectivity index (χ4v) is 4.27. The number of anilines is 1. The van der Waals surface area contributed by atoms with Gasteiger partial charge in [-0.05, 0) is 60.2 Å². The summed E-state index contributed by atoms with van der Waals surface area (Å²) in [4.78, 5) is 29.6. The number of carbonyl (C=O) groups excluding carboxylic acids is 2. The summed E-state index contributed by atoms with van der Waals surface area (Å²) in [5.74, 6) is -0.126. The molecule has 0 aliphatic carbocycles. The Hall–Kier alpha value is -2.40. The van der Waals surface area contributed by atoms with Gasteiger partial charge in [0.25, 0.3) is 5.91 Å². The molecule has 25 heavy (non-hydrogen) atoms. The summed E-state index contributed by atoms with van der Waals surface area (Å²) in [6.45, 7) is 6.37. The summed E-state index contributed by atoms with van der Waals surface area (Å²) in [7, 11) is 1.69. The molecule has 2 aromatic rings. The van der Waals surface area contributed by atoms with E-state index >= 15 is 0 Å². The van der Waals surface area contributed by atoms with Crippen LogP contribution in [-0.2, 0) is 11.2 Å². The fraction of sp³-hybridized carbons (Fsp3) is 0.300. The molecule has 1 unspecified atom stereocenters. The van der Waals surface area contributed by atoms with Crippen LogP contribution in [0.4, 0.5) is 5.69 Å². The second-order valence-electron chi connectivity index (χ2n) is 6.12. The van der Waals surface area contributed by atoms with Crippen LogP contribution in [0, 0.1) is 0 Å². The predicted octanol–water partition coefficient (Wildman–Crippen LogP) is 4.05. The van der Waals surface area contributed by atoms with E-state index in [1.165, 1.54) is 21.4 Å². The van der Waals surface area contributed by atoms with Crippen LogP contribution in [0.2, 0.25) is 0 Å². The number of rotatable bonds is 4.